The lowest BCUT2D eigenvalue weighted by Crippen LogP contribution is -2.40. The molecule has 1 amide bonds. The second kappa shape index (κ2) is 7.26. The van der Waals surface area contributed by atoms with E-state index in [0.29, 0.717) is 11.3 Å². The van der Waals surface area contributed by atoms with Gasteiger partial charge in [0.1, 0.15) is 5.75 Å². The maximum absolute atomic E-state index is 12.7. The molecule has 2 rings (SSSR count). The Morgan fingerprint density at radius 1 is 1.13 bits per heavy atom. The van der Waals surface area contributed by atoms with E-state index in [-0.39, 0.29) is 11.3 Å². The van der Waals surface area contributed by atoms with Crippen LogP contribution in [0.2, 0.25) is 0 Å². The Hall–Kier alpha value is -2.38. The van der Waals surface area contributed by atoms with Gasteiger partial charge in [0.05, 0.1) is 12.0 Å². The largest absolute Gasteiger partial charge is 0.497 e. The molecule has 0 spiro atoms. The number of ether oxygens (including phenoxy) is 1. The Labute approximate surface area is 134 Å². The van der Waals surface area contributed by atoms with Crippen LogP contribution in [0.5, 0.6) is 5.75 Å². The molecule has 0 aromatic heterocycles. The molecule has 0 radical (unpaired) electrons. The van der Waals surface area contributed by atoms with E-state index >= 15 is 0 Å². The first-order chi connectivity index (χ1) is 11.0. The van der Waals surface area contributed by atoms with Gasteiger partial charge in [-0.2, -0.15) is 0 Å². The first-order valence-electron chi connectivity index (χ1n) is 6.85. The zero-order valence-corrected chi connectivity index (χ0v) is 13.3. The molecule has 23 heavy (non-hydrogen) atoms. The summed E-state index contributed by atoms with van der Waals surface area (Å²) in [7, 11) is -2.49. The molecule has 2 N–H and O–H groups in total. The number of rotatable bonds is 6. The molecule has 0 saturated carbocycles. The molecule has 122 valence electrons. The minimum absolute atomic E-state index is 0.0113. The quantitative estimate of drug-likeness (QED) is 0.618. The number of methoxy groups -OCH3 is 1. The van der Waals surface area contributed by atoms with Gasteiger partial charge < -0.3 is 4.74 Å². The van der Waals surface area contributed by atoms with Gasteiger partial charge in [-0.25, -0.2) is 13.9 Å². The highest BCUT2D eigenvalue weighted by molar-refractivity contribution is 7.92. The van der Waals surface area contributed by atoms with Crippen molar-refractivity contribution in [3.63, 3.8) is 0 Å². The minimum Gasteiger partial charge on any atom is -0.497 e. The third kappa shape index (κ3) is 3.88. The molecule has 1 atom stereocenters. The van der Waals surface area contributed by atoms with Gasteiger partial charge in [0.2, 0.25) is 0 Å². The van der Waals surface area contributed by atoms with E-state index in [9.17, 15) is 13.2 Å². The number of hydrogen-bond acceptors (Lipinski definition) is 5. The molecule has 0 saturated heterocycles. The first-order valence-corrected chi connectivity index (χ1v) is 8.39. The molecule has 0 aliphatic rings. The summed E-state index contributed by atoms with van der Waals surface area (Å²) >= 11 is 0. The van der Waals surface area contributed by atoms with Crippen molar-refractivity contribution in [3.8, 4) is 5.75 Å². The number of amides is 1. The van der Waals surface area contributed by atoms with Gasteiger partial charge in [-0.05, 0) is 36.2 Å². The van der Waals surface area contributed by atoms with Crippen LogP contribution in [0, 0.1) is 0 Å². The zero-order chi connectivity index (χ0) is 16.9. The SMILES string of the molecule is COc1ccc(S(=O)(=O)C(Cc2ccccc2)C(=O)NO)cc1. The molecular formula is C16H17NO5S. The van der Waals surface area contributed by atoms with Gasteiger partial charge in [0.15, 0.2) is 15.1 Å². The van der Waals surface area contributed by atoms with Crippen molar-refractivity contribution in [2.24, 2.45) is 0 Å². The van der Waals surface area contributed by atoms with E-state index in [1.165, 1.54) is 36.9 Å². The lowest BCUT2D eigenvalue weighted by Gasteiger charge is -2.16. The fraction of sp³-hybridized carbons (Fsp3) is 0.188. The number of hydrogen-bond donors (Lipinski definition) is 2. The zero-order valence-electron chi connectivity index (χ0n) is 12.5. The number of sulfone groups is 1. The predicted octanol–water partition coefficient (Wildman–Crippen LogP) is 1.59. The second-order valence-corrected chi connectivity index (χ2v) is 7.01. The Kier molecular flexibility index (Phi) is 5.36. The highest BCUT2D eigenvalue weighted by Crippen LogP contribution is 2.22. The van der Waals surface area contributed by atoms with Crippen molar-refractivity contribution in [1.82, 2.24) is 5.48 Å². The second-order valence-electron chi connectivity index (χ2n) is 4.87. The van der Waals surface area contributed by atoms with Crippen LogP contribution in [-0.4, -0.2) is 31.9 Å². The van der Waals surface area contributed by atoms with Gasteiger partial charge in [-0.1, -0.05) is 30.3 Å². The van der Waals surface area contributed by atoms with Crippen LogP contribution in [-0.2, 0) is 21.1 Å². The van der Waals surface area contributed by atoms with E-state index in [1.54, 1.807) is 30.3 Å². The average molecular weight is 335 g/mol. The fourth-order valence-corrected chi connectivity index (χ4v) is 3.76. The highest BCUT2D eigenvalue weighted by atomic mass is 32.2. The third-order valence-electron chi connectivity index (χ3n) is 3.43. The van der Waals surface area contributed by atoms with E-state index in [4.69, 9.17) is 9.94 Å². The molecule has 0 fully saturated rings. The van der Waals surface area contributed by atoms with Crippen molar-refractivity contribution < 1.29 is 23.2 Å². The standard InChI is InChI=1S/C16H17NO5S/c1-22-13-7-9-14(10-8-13)23(20,21)15(16(18)17-19)11-12-5-3-2-4-6-12/h2-10,15,19H,11H2,1H3,(H,17,18). The molecule has 0 bridgehead atoms. The van der Waals surface area contributed by atoms with E-state index < -0.39 is 21.0 Å². The molecular weight excluding hydrogens is 318 g/mol. The number of benzene rings is 2. The monoisotopic (exact) mass is 335 g/mol. The predicted molar refractivity (Wildman–Crippen MR) is 84.0 cm³/mol. The molecule has 0 heterocycles. The van der Waals surface area contributed by atoms with E-state index in [2.05, 4.69) is 0 Å². The van der Waals surface area contributed by atoms with Gasteiger partial charge in [-0.15, -0.1) is 0 Å². The molecule has 6 nitrogen and oxygen atoms in total. The van der Waals surface area contributed by atoms with Gasteiger partial charge >= 0.3 is 0 Å². The van der Waals surface area contributed by atoms with Crippen LogP contribution < -0.4 is 10.2 Å². The van der Waals surface area contributed by atoms with Crippen molar-refractivity contribution in [3.05, 3.63) is 60.2 Å². The number of hydroxylamine groups is 1. The summed E-state index contributed by atoms with van der Waals surface area (Å²) in [5, 5.41) is 7.46. The third-order valence-corrected chi connectivity index (χ3v) is 5.49. The Morgan fingerprint density at radius 2 is 1.74 bits per heavy atom. The number of carbonyl (C=O) groups is 1. The highest BCUT2D eigenvalue weighted by Gasteiger charge is 2.34. The van der Waals surface area contributed by atoms with E-state index in [1.807, 2.05) is 0 Å². The molecule has 2 aromatic carbocycles. The van der Waals surface area contributed by atoms with Crippen LogP contribution in [0.25, 0.3) is 0 Å². The maximum Gasteiger partial charge on any atom is 0.262 e. The minimum atomic E-state index is -3.96. The maximum atomic E-state index is 12.7. The normalized spacial score (nSPS) is 12.4. The van der Waals surface area contributed by atoms with E-state index in [0.717, 1.165) is 0 Å². The molecule has 1 unspecified atom stereocenters. The van der Waals surface area contributed by atoms with Gasteiger partial charge in [-0.3, -0.25) is 10.0 Å². The average Bonchev–Trinajstić information content (AvgIpc) is 2.59. The smallest absolute Gasteiger partial charge is 0.262 e. The van der Waals surface area contributed by atoms with Gasteiger partial charge in [0, 0.05) is 0 Å². The van der Waals surface area contributed by atoms with Crippen LogP contribution in [0.4, 0.5) is 0 Å². The number of nitrogens with one attached hydrogen (secondary N) is 1. The molecule has 0 aliphatic heterocycles. The van der Waals surface area contributed by atoms with Crippen molar-refractivity contribution >= 4 is 15.7 Å². The summed E-state index contributed by atoms with van der Waals surface area (Å²) < 4.78 is 30.4. The lowest BCUT2D eigenvalue weighted by atomic mass is 10.1. The Bertz CT molecular complexity index is 757. The number of carbonyl (C=O) groups excluding carboxylic acids is 1. The summed E-state index contributed by atoms with van der Waals surface area (Å²) in [6.07, 6.45) is -0.0401. The fourth-order valence-electron chi connectivity index (χ4n) is 2.17. The van der Waals surface area contributed by atoms with Crippen molar-refractivity contribution in [2.75, 3.05) is 7.11 Å². The summed E-state index contributed by atoms with van der Waals surface area (Å²) in [6.45, 7) is 0. The lowest BCUT2D eigenvalue weighted by molar-refractivity contribution is -0.128. The summed E-state index contributed by atoms with van der Waals surface area (Å²) in [4.78, 5) is 11.9. The van der Waals surface area contributed by atoms with Crippen LogP contribution in [0.1, 0.15) is 5.56 Å². The van der Waals surface area contributed by atoms with Crippen LogP contribution in [0.15, 0.2) is 59.5 Å². The summed E-state index contributed by atoms with van der Waals surface area (Å²) in [5.74, 6) is -0.458. The topological polar surface area (TPSA) is 92.7 Å². The van der Waals surface area contributed by atoms with Crippen molar-refractivity contribution in [2.45, 2.75) is 16.6 Å². The van der Waals surface area contributed by atoms with Gasteiger partial charge in [0.25, 0.3) is 5.91 Å². The summed E-state index contributed by atoms with van der Waals surface area (Å²) in [6, 6.07) is 14.5. The Balaban J connectivity index is 2.38. The first kappa shape index (κ1) is 17.0. The molecule has 7 heteroatoms. The van der Waals surface area contributed by atoms with Crippen molar-refractivity contribution in [1.29, 1.82) is 0 Å². The Morgan fingerprint density at radius 3 is 2.26 bits per heavy atom. The summed E-state index contributed by atoms with van der Waals surface area (Å²) in [5.41, 5.74) is 2.12. The van der Waals surface area contributed by atoms with Crippen LogP contribution >= 0.6 is 0 Å². The molecule has 0 aliphatic carbocycles. The molecule has 2 aromatic rings. The van der Waals surface area contributed by atoms with Crippen LogP contribution in [0.3, 0.4) is 0 Å².